The van der Waals surface area contributed by atoms with Crippen molar-refractivity contribution in [2.45, 2.75) is 19.0 Å². The number of amides is 3. The second-order valence-electron chi connectivity index (χ2n) is 4.74. The maximum Gasteiger partial charge on any atom is 0.319 e. The number of hydrogen-bond donors (Lipinski definition) is 3. The normalized spacial score (nSPS) is 13.4. The van der Waals surface area contributed by atoms with Crippen LogP contribution < -0.4 is 16.4 Å². The van der Waals surface area contributed by atoms with Gasteiger partial charge in [-0.05, 0) is 18.4 Å². The maximum absolute atomic E-state index is 11.9. The molecule has 0 aliphatic heterocycles. The van der Waals surface area contributed by atoms with Crippen LogP contribution >= 0.6 is 11.3 Å². The van der Waals surface area contributed by atoms with E-state index in [1.54, 1.807) is 18.3 Å². The minimum Gasteiger partial charge on any atom is -0.351 e. The number of nitrogens with two attached hydrogens (primary N) is 2. The van der Waals surface area contributed by atoms with Gasteiger partial charge < -0.3 is 11.1 Å². The van der Waals surface area contributed by atoms with Gasteiger partial charge in [0.1, 0.15) is 6.04 Å². The zero-order valence-electron chi connectivity index (χ0n) is 11.7. The van der Waals surface area contributed by atoms with Crippen molar-refractivity contribution in [3.63, 3.8) is 0 Å². The fourth-order valence-corrected chi connectivity index (χ4v) is 2.94. The number of hydrogen-bond acceptors (Lipinski definition) is 3. The second kappa shape index (κ2) is 7.01. The molecule has 0 aliphatic carbocycles. The van der Waals surface area contributed by atoms with Crippen molar-refractivity contribution in [2.75, 3.05) is 0 Å². The van der Waals surface area contributed by atoms with Crippen LogP contribution in [0.4, 0.5) is 4.79 Å². The molecule has 0 saturated carbocycles. The van der Waals surface area contributed by atoms with Crippen molar-refractivity contribution < 1.29 is 14.9 Å². The molecule has 3 amide bonds. The van der Waals surface area contributed by atoms with E-state index in [2.05, 4.69) is 5.32 Å². The molecule has 0 bridgehead atoms. The largest absolute Gasteiger partial charge is 0.351 e. The van der Waals surface area contributed by atoms with Crippen molar-refractivity contribution in [2.24, 2.45) is 5.73 Å². The Labute approximate surface area is 127 Å². The summed E-state index contributed by atoms with van der Waals surface area (Å²) in [5.41, 5.74) is 6.09. The molecule has 0 unspecified atom stereocenters. The van der Waals surface area contributed by atoms with Crippen molar-refractivity contribution in [3.05, 3.63) is 58.3 Å². The Morgan fingerprint density at radius 3 is 2.48 bits per heavy atom. The SMILES string of the molecule is C[C@@H]([NH2+][C@@H](c1ccccc1)c1cccs1)C(=O)NC(N)=O. The van der Waals surface area contributed by atoms with Gasteiger partial charge in [-0.25, -0.2) is 4.79 Å². The summed E-state index contributed by atoms with van der Waals surface area (Å²) >= 11 is 1.64. The van der Waals surface area contributed by atoms with Gasteiger partial charge in [-0.15, -0.1) is 11.3 Å². The third-order valence-corrected chi connectivity index (χ3v) is 4.10. The molecule has 6 heteroatoms. The summed E-state index contributed by atoms with van der Waals surface area (Å²) in [6, 6.07) is 12.7. The topological polar surface area (TPSA) is 88.8 Å². The first-order chi connectivity index (χ1) is 10.1. The Balaban J connectivity index is 2.18. The van der Waals surface area contributed by atoms with Gasteiger partial charge in [0, 0.05) is 5.56 Å². The van der Waals surface area contributed by atoms with Gasteiger partial charge in [-0.1, -0.05) is 36.4 Å². The van der Waals surface area contributed by atoms with Gasteiger partial charge in [-0.2, -0.15) is 0 Å². The quantitative estimate of drug-likeness (QED) is 0.769. The van der Waals surface area contributed by atoms with Crippen molar-refractivity contribution in [3.8, 4) is 0 Å². The van der Waals surface area contributed by atoms with Crippen LogP contribution in [0.1, 0.15) is 23.4 Å². The molecule has 0 fully saturated rings. The number of rotatable bonds is 5. The van der Waals surface area contributed by atoms with Crippen LogP contribution in [0.25, 0.3) is 0 Å². The minimum absolute atomic E-state index is 0.0137. The van der Waals surface area contributed by atoms with E-state index in [1.807, 2.05) is 53.2 Å². The van der Waals surface area contributed by atoms with Gasteiger partial charge in [0.2, 0.25) is 0 Å². The van der Waals surface area contributed by atoms with Gasteiger partial charge in [0.05, 0.1) is 4.88 Å². The summed E-state index contributed by atoms with van der Waals surface area (Å²) < 4.78 is 0. The molecule has 0 spiro atoms. The molecular formula is C15H18N3O2S+. The summed E-state index contributed by atoms with van der Waals surface area (Å²) in [4.78, 5) is 23.8. The fraction of sp³-hybridized carbons (Fsp3) is 0.200. The third kappa shape index (κ3) is 4.14. The summed E-state index contributed by atoms with van der Waals surface area (Å²) in [5.74, 6) is -0.389. The lowest BCUT2D eigenvalue weighted by Crippen LogP contribution is -2.92. The van der Waals surface area contributed by atoms with Crippen LogP contribution in [0, 0.1) is 0 Å². The zero-order chi connectivity index (χ0) is 15.2. The highest BCUT2D eigenvalue weighted by Crippen LogP contribution is 2.22. The van der Waals surface area contributed by atoms with Gasteiger partial charge in [-0.3, -0.25) is 10.1 Å². The summed E-state index contributed by atoms with van der Waals surface area (Å²) in [5, 5.41) is 6.05. The Bertz CT molecular complexity index is 599. The van der Waals surface area contributed by atoms with Crippen LogP contribution in [-0.4, -0.2) is 18.0 Å². The van der Waals surface area contributed by atoms with Crippen molar-refractivity contribution >= 4 is 23.3 Å². The Hall–Kier alpha value is -2.18. The number of urea groups is 1. The number of benzene rings is 1. The summed E-state index contributed by atoms with van der Waals surface area (Å²) in [6.07, 6.45) is 0. The van der Waals surface area contributed by atoms with E-state index < -0.39 is 12.1 Å². The molecule has 2 aromatic rings. The average molecular weight is 304 g/mol. The van der Waals surface area contributed by atoms with Gasteiger partial charge >= 0.3 is 6.03 Å². The number of carbonyl (C=O) groups excluding carboxylic acids is 2. The van der Waals surface area contributed by atoms with Crippen LogP contribution in [0.15, 0.2) is 47.8 Å². The smallest absolute Gasteiger partial charge is 0.319 e. The van der Waals surface area contributed by atoms with Crippen LogP contribution in [0.3, 0.4) is 0 Å². The lowest BCUT2D eigenvalue weighted by molar-refractivity contribution is -0.704. The first-order valence-corrected chi connectivity index (χ1v) is 7.49. The first-order valence-electron chi connectivity index (χ1n) is 6.61. The van der Waals surface area contributed by atoms with Crippen LogP contribution in [0.2, 0.25) is 0 Å². The first kappa shape index (κ1) is 15.2. The minimum atomic E-state index is -0.826. The number of quaternary nitrogens is 1. The fourth-order valence-electron chi connectivity index (χ4n) is 2.11. The lowest BCUT2D eigenvalue weighted by Gasteiger charge is -2.18. The molecule has 5 N–H and O–H groups in total. The second-order valence-corrected chi connectivity index (χ2v) is 5.72. The van der Waals surface area contributed by atoms with E-state index in [1.165, 1.54) is 0 Å². The average Bonchev–Trinajstić information content (AvgIpc) is 2.98. The van der Waals surface area contributed by atoms with Crippen LogP contribution in [-0.2, 0) is 4.79 Å². The number of imide groups is 1. The molecule has 110 valence electrons. The van der Waals surface area contributed by atoms with E-state index in [0.29, 0.717) is 0 Å². The number of thiophene rings is 1. The third-order valence-electron chi connectivity index (χ3n) is 3.15. The Morgan fingerprint density at radius 1 is 1.19 bits per heavy atom. The van der Waals surface area contributed by atoms with Crippen molar-refractivity contribution in [1.82, 2.24) is 5.32 Å². The predicted octanol–water partition coefficient (Wildman–Crippen LogP) is 0.984. The lowest BCUT2D eigenvalue weighted by atomic mass is 10.0. The molecule has 0 radical (unpaired) electrons. The highest BCUT2D eigenvalue weighted by atomic mass is 32.1. The predicted molar refractivity (Wildman–Crippen MR) is 81.7 cm³/mol. The van der Waals surface area contributed by atoms with E-state index >= 15 is 0 Å². The molecule has 2 rings (SSSR count). The van der Waals surface area contributed by atoms with E-state index in [0.717, 1.165) is 10.4 Å². The molecule has 2 atom stereocenters. The highest BCUT2D eigenvalue weighted by Gasteiger charge is 2.25. The van der Waals surface area contributed by atoms with E-state index in [-0.39, 0.29) is 11.9 Å². The number of primary amides is 1. The molecule has 21 heavy (non-hydrogen) atoms. The molecule has 1 aromatic heterocycles. The monoisotopic (exact) mass is 304 g/mol. The summed E-state index contributed by atoms with van der Waals surface area (Å²) in [6.45, 7) is 1.75. The van der Waals surface area contributed by atoms with Gasteiger partial charge in [0.25, 0.3) is 5.91 Å². The molecule has 0 saturated heterocycles. The molecule has 0 aliphatic rings. The van der Waals surface area contributed by atoms with E-state index in [4.69, 9.17) is 5.73 Å². The zero-order valence-corrected chi connectivity index (χ0v) is 12.5. The molecule has 1 heterocycles. The van der Waals surface area contributed by atoms with E-state index in [9.17, 15) is 9.59 Å². The molecular weight excluding hydrogens is 286 g/mol. The molecule has 1 aromatic carbocycles. The Kier molecular flexibility index (Phi) is 5.08. The van der Waals surface area contributed by atoms with Gasteiger partial charge in [0.15, 0.2) is 6.04 Å². The highest BCUT2D eigenvalue weighted by molar-refractivity contribution is 7.10. The summed E-state index contributed by atoms with van der Waals surface area (Å²) in [7, 11) is 0. The van der Waals surface area contributed by atoms with Crippen LogP contribution in [0.5, 0.6) is 0 Å². The number of nitrogens with one attached hydrogen (secondary N) is 1. The Morgan fingerprint density at radius 2 is 1.90 bits per heavy atom. The molecule has 5 nitrogen and oxygen atoms in total. The number of carbonyl (C=O) groups is 2. The van der Waals surface area contributed by atoms with Crippen molar-refractivity contribution in [1.29, 1.82) is 0 Å². The standard InChI is InChI=1S/C15H17N3O2S/c1-10(14(19)18-15(16)20)17-13(12-8-5-9-21-12)11-6-3-2-4-7-11/h2-10,13,17H,1H3,(H3,16,18,19,20)/p+1/t10-,13+/m1/s1. The maximum atomic E-state index is 11.9.